The first-order valence-corrected chi connectivity index (χ1v) is 8.60. The number of carbonyl (C=O) groups is 1. The average Bonchev–Trinajstić information content (AvgIpc) is 3.08. The van der Waals surface area contributed by atoms with Crippen molar-refractivity contribution >= 4 is 17.7 Å². The van der Waals surface area contributed by atoms with E-state index in [4.69, 9.17) is 0 Å². The van der Waals surface area contributed by atoms with Gasteiger partial charge in [0.15, 0.2) is 0 Å². The van der Waals surface area contributed by atoms with E-state index < -0.39 is 0 Å². The minimum absolute atomic E-state index is 0.200. The number of nitrogens with zero attached hydrogens (tertiary/aromatic N) is 3. The third-order valence-corrected chi connectivity index (χ3v) is 4.95. The second kappa shape index (κ2) is 7.45. The Morgan fingerprint density at radius 2 is 2.05 bits per heavy atom. The number of hydrogen-bond donors (Lipinski definition) is 1. The molecule has 0 atom stereocenters. The van der Waals surface area contributed by atoms with Crippen LogP contribution in [-0.4, -0.2) is 45.1 Å². The van der Waals surface area contributed by atoms with Crippen LogP contribution in [0.15, 0.2) is 41.6 Å². The zero-order valence-electron chi connectivity index (χ0n) is 12.4. The monoisotopic (exact) mass is 316 g/mol. The van der Waals surface area contributed by atoms with Crippen molar-refractivity contribution in [3.05, 3.63) is 42.1 Å². The fourth-order valence-electron chi connectivity index (χ4n) is 2.82. The summed E-state index contributed by atoms with van der Waals surface area (Å²) in [6.07, 6.45) is 4.95. The summed E-state index contributed by atoms with van der Waals surface area (Å²) < 4.78 is 0. The summed E-state index contributed by atoms with van der Waals surface area (Å²) >= 11 is 1.44. The Bertz CT molecular complexity index is 579. The van der Waals surface area contributed by atoms with E-state index in [-0.39, 0.29) is 5.91 Å². The van der Waals surface area contributed by atoms with Crippen LogP contribution in [0, 0.1) is 5.92 Å². The van der Waals surface area contributed by atoms with Crippen molar-refractivity contribution in [2.75, 3.05) is 18.8 Å². The number of piperidine rings is 1. The summed E-state index contributed by atoms with van der Waals surface area (Å²) in [5, 5.41) is 11.0. The van der Waals surface area contributed by atoms with E-state index in [9.17, 15) is 4.79 Å². The molecular formula is C16H20N4OS. The van der Waals surface area contributed by atoms with Crippen molar-refractivity contribution in [1.82, 2.24) is 20.3 Å². The van der Waals surface area contributed by atoms with Gasteiger partial charge in [-0.25, -0.2) is 0 Å². The maximum Gasteiger partial charge on any atom is 0.232 e. The molecule has 0 bridgehead atoms. The van der Waals surface area contributed by atoms with Crippen LogP contribution in [0.4, 0.5) is 0 Å². The van der Waals surface area contributed by atoms with Gasteiger partial charge >= 0.3 is 0 Å². The molecule has 1 aliphatic heterocycles. The molecule has 3 rings (SSSR count). The number of aromatic nitrogens is 3. The van der Waals surface area contributed by atoms with Gasteiger partial charge in [0.25, 0.3) is 0 Å². The number of hydrogen-bond acceptors (Lipinski definition) is 4. The molecule has 1 amide bonds. The van der Waals surface area contributed by atoms with Gasteiger partial charge in [0.1, 0.15) is 5.03 Å². The Hall–Kier alpha value is -1.82. The highest BCUT2D eigenvalue weighted by atomic mass is 32.2. The predicted octanol–water partition coefficient (Wildman–Crippen LogP) is 2.38. The van der Waals surface area contributed by atoms with Gasteiger partial charge in [0.05, 0.1) is 11.9 Å². The fraction of sp³-hybridized carbons (Fsp3) is 0.438. The molecule has 0 radical (unpaired) electrons. The number of amides is 1. The lowest BCUT2D eigenvalue weighted by molar-refractivity contribution is -0.129. The van der Waals surface area contributed by atoms with Crippen molar-refractivity contribution in [3.63, 3.8) is 0 Å². The van der Waals surface area contributed by atoms with Crippen LogP contribution in [0.5, 0.6) is 0 Å². The minimum atomic E-state index is 0.200. The first-order chi connectivity index (χ1) is 10.8. The standard InChI is InChI=1S/C16H20N4OS/c21-16(12-22-15-11-17-19-18-15)20-8-6-14(7-9-20)10-13-4-2-1-3-5-13/h1-5,11,14H,6-10,12H2,(H,17,18,19). The Labute approximate surface area is 134 Å². The molecule has 1 aromatic carbocycles. The number of H-pyrrole nitrogens is 1. The van der Waals surface area contributed by atoms with E-state index in [0.717, 1.165) is 37.4 Å². The summed E-state index contributed by atoms with van der Waals surface area (Å²) in [6, 6.07) is 10.6. The van der Waals surface area contributed by atoms with Gasteiger partial charge < -0.3 is 4.90 Å². The lowest BCUT2D eigenvalue weighted by Gasteiger charge is -2.32. The summed E-state index contributed by atoms with van der Waals surface area (Å²) in [4.78, 5) is 14.2. The molecule has 1 fully saturated rings. The normalized spacial score (nSPS) is 15.9. The zero-order valence-corrected chi connectivity index (χ0v) is 13.3. The van der Waals surface area contributed by atoms with Crippen LogP contribution in [0.3, 0.4) is 0 Å². The summed E-state index contributed by atoms with van der Waals surface area (Å²) in [5.41, 5.74) is 1.40. The number of aromatic amines is 1. The SMILES string of the molecule is O=C(CSc1cn[nH]n1)N1CCC(Cc2ccccc2)CC1. The second-order valence-electron chi connectivity index (χ2n) is 5.61. The third-order valence-electron chi connectivity index (χ3n) is 4.07. The quantitative estimate of drug-likeness (QED) is 0.860. The van der Waals surface area contributed by atoms with Crippen molar-refractivity contribution in [1.29, 1.82) is 0 Å². The highest BCUT2D eigenvalue weighted by Gasteiger charge is 2.23. The molecular weight excluding hydrogens is 296 g/mol. The van der Waals surface area contributed by atoms with Crippen molar-refractivity contribution in [2.45, 2.75) is 24.3 Å². The largest absolute Gasteiger partial charge is 0.342 e. The van der Waals surface area contributed by atoms with Gasteiger partial charge in [0.2, 0.25) is 5.91 Å². The maximum atomic E-state index is 12.2. The van der Waals surface area contributed by atoms with Gasteiger partial charge in [0, 0.05) is 13.1 Å². The van der Waals surface area contributed by atoms with Crippen molar-refractivity contribution < 1.29 is 4.79 Å². The molecule has 1 aliphatic rings. The van der Waals surface area contributed by atoms with Gasteiger partial charge in [-0.2, -0.15) is 10.3 Å². The van der Waals surface area contributed by atoms with E-state index in [2.05, 4.69) is 45.7 Å². The molecule has 1 aromatic heterocycles. The average molecular weight is 316 g/mol. The van der Waals surface area contributed by atoms with Crippen LogP contribution in [-0.2, 0) is 11.2 Å². The molecule has 2 aromatic rings. The van der Waals surface area contributed by atoms with Crippen molar-refractivity contribution in [3.8, 4) is 0 Å². The topological polar surface area (TPSA) is 61.9 Å². The number of carbonyl (C=O) groups excluding carboxylic acids is 1. The molecule has 1 saturated heterocycles. The first kappa shape index (κ1) is 15.1. The van der Waals surface area contributed by atoms with E-state index in [1.807, 2.05) is 4.90 Å². The molecule has 0 aliphatic carbocycles. The Kier molecular flexibility index (Phi) is 5.11. The molecule has 2 heterocycles. The molecule has 0 spiro atoms. The highest BCUT2D eigenvalue weighted by Crippen LogP contribution is 2.23. The number of benzene rings is 1. The van der Waals surface area contributed by atoms with Gasteiger partial charge in [-0.05, 0) is 30.7 Å². The predicted molar refractivity (Wildman–Crippen MR) is 86.6 cm³/mol. The van der Waals surface area contributed by atoms with E-state index in [0.29, 0.717) is 11.7 Å². The number of thioether (sulfide) groups is 1. The van der Waals surface area contributed by atoms with Crippen molar-refractivity contribution in [2.24, 2.45) is 5.92 Å². The lowest BCUT2D eigenvalue weighted by atomic mass is 9.90. The molecule has 1 N–H and O–H groups in total. The fourth-order valence-corrected chi connectivity index (χ4v) is 3.51. The van der Waals surface area contributed by atoms with E-state index in [1.54, 1.807) is 6.20 Å². The summed E-state index contributed by atoms with van der Waals surface area (Å²) in [5.74, 6) is 1.33. The second-order valence-corrected chi connectivity index (χ2v) is 6.61. The molecule has 22 heavy (non-hydrogen) atoms. The van der Waals surface area contributed by atoms with Crippen LogP contribution in [0.25, 0.3) is 0 Å². The summed E-state index contributed by atoms with van der Waals surface area (Å²) in [6.45, 7) is 1.74. The third kappa shape index (κ3) is 4.10. The smallest absolute Gasteiger partial charge is 0.232 e. The van der Waals surface area contributed by atoms with Crippen LogP contribution >= 0.6 is 11.8 Å². The van der Waals surface area contributed by atoms with Crippen LogP contribution in [0.2, 0.25) is 0 Å². The molecule has 5 nitrogen and oxygen atoms in total. The minimum Gasteiger partial charge on any atom is -0.342 e. The molecule has 0 unspecified atom stereocenters. The molecule has 6 heteroatoms. The van der Waals surface area contributed by atoms with E-state index >= 15 is 0 Å². The molecule has 0 saturated carbocycles. The van der Waals surface area contributed by atoms with Gasteiger partial charge in [-0.1, -0.05) is 42.1 Å². The molecule has 116 valence electrons. The summed E-state index contributed by atoms with van der Waals surface area (Å²) in [7, 11) is 0. The first-order valence-electron chi connectivity index (χ1n) is 7.61. The number of likely N-dealkylation sites (tertiary alicyclic amines) is 1. The Balaban J connectivity index is 1.42. The van der Waals surface area contributed by atoms with E-state index in [1.165, 1.54) is 17.3 Å². The Morgan fingerprint density at radius 1 is 1.27 bits per heavy atom. The van der Waals surface area contributed by atoms with Crippen LogP contribution in [0.1, 0.15) is 18.4 Å². The van der Waals surface area contributed by atoms with Gasteiger partial charge in [-0.3, -0.25) is 4.79 Å². The Morgan fingerprint density at radius 3 is 2.73 bits per heavy atom. The number of nitrogens with one attached hydrogen (secondary N) is 1. The van der Waals surface area contributed by atoms with Gasteiger partial charge in [-0.15, -0.1) is 5.10 Å². The zero-order chi connectivity index (χ0) is 15.2. The maximum absolute atomic E-state index is 12.2. The lowest BCUT2D eigenvalue weighted by Crippen LogP contribution is -2.39. The van der Waals surface area contributed by atoms with Crippen LogP contribution < -0.4 is 0 Å². The highest BCUT2D eigenvalue weighted by molar-refractivity contribution is 7.99. The number of rotatable bonds is 5.